The van der Waals surface area contributed by atoms with Crippen LogP contribution in [0.15, 0.2) is 30.5 Å². The van der Waals surface area contributed by atoms with Gasteiger partial charge in [0.15, 0.2) is 0 Å². The normalized spacial score (nSPS) is 17.9. The van der Waals surface area contributed by atoms with E-state index in [2.05, 4.69) is 25.9 Å². The highest BCUT2D eigenvalue weighted by molar-refractivity contribution is 5.95. The number of rotatable bonds is 2. The third kappa shape index (κ3) is 3.62. The molecule has 7 nitrogen and oxygen atoms in total. The van der Waals surface area contributed by atoms with Crippen LogP contribution in [0.4, 0.5) is 5.69 Å². The molecule has 1 aromatic heterocycles. The number of anilines is 1. The van der Waals surface area contributed by atoms with Crippen molar-refractivity contribution in [3.63, 3.8) is 0 Å². The molecular weight excluding hydrogens is 306 g/mol. The number of carbonyl (C=O) groups is 2. The first-order chi connectivity index (χ1) is 11.7. The summed E-state index contributed by atoms with van der Waals surface area (Å²) in [5.74, 6) is 0.603. The number of para-hydroxylation sites is 1. The molecule has 0 fully saturated rings. The van der Waals surface area contributed by atoms with Gasteiger partial charge in [0.25, 0.3) is 0 Å². The van der Waals surface area contributed by atoms with Gasteiger partial charge in [0.1, 0.15) is 5.82 Å². The van der Waals surface area contributed by atoms with Gasteiger partial charge in [-0.1, -0.05) is 25.1 Å². The zero-order chi connectivity index (χ0) is 16.9. The highest BCUT2D eigenvalue weighted by Crippen LogP contribution is 2.27. The van der Waals surface area contributed by atoms with Crippen molar-refractivity contribution in [2.45, 2.75) is 25.8 Å². The lowest BCUT2D eigenvalue weighted by Gasteiger charge is -2.18. The Morgan fingerprint density at radius 2 is 2.21 bits per heavy atom. The van der Waals surface area contributed by atoms with Crippen molar-refractivity contribution in [3.8, 4) is 11.3 Å². The fourth-order valence-electron chi connectivity index (χ4n) is 2.64. The van der Waals surface area contributed by atoms with E-state index in [0.29, 0.717) is 31.8 Å². The second kappa shape index (κ2) is 7.27. The van der Waals surface area contributed by atoms with Gasteiger partial charge in [-0.2, -0.15) is 0 Å². The molecule has 1 atom stereocenters. The van der Waals surface area contributed by atoms with Crippen LogP contribution >= 0.6 is 0 Å². The van der Waals surface area contributed by atoms with Gasteiger partial charge in [0, 0.05) is 37.7 Å². The number of aromatic amines is 1. The summed E-state index contributed by atoms with van der Waals surface area (Å²) in [6.45, 7) is 2.85. The van der Waals surface area contributed by atoms with E-state index in [1.165, 1.54) is 0 Å². The van der Waals surface area contributed by atoms with Crippen LogP contribution in [0.1, 0.15) is 31.6 Å². The van der Waals surface area contributed by atoms with Crippen molar-refractivity contribution in [3.05, 3.63) is 36.3 Å². The van der Waals surface area contributed by atoms with Crippen LogP contribution in [-0.2, 0) is 9.59 Å². The van der Waals surface area contributed by atoms with E-state index in [-0.39, 0.29) is 17.9 Å². The Morgan fingerprint density at radius 1 is 1.38 bits per heavy atom. The molecule has 0 saturated carbocycles. The Labute approximate surface area is 140 Å². The number of fused-ring (bicyclic) bond motifs is 4. The van der Waals surface area contributed by atoms with Crippen LogP contribution in [0.3, 0.4) is 0 Å². The van der Waals surface area contributed by atoms with Gasteiger partial charge in [-0.25, -0.2) is 4.98 Å². The van der Waals surface area contributed by atoms with Crippen LogP contribution in [0.25, 0.3) is 11.3 Å². The van der Waals surface area contributed by atoms with Gasteiger partial charge >= 0.3 is 0 Å². The molecule has 1 aliphatic rings. The van der Waals surface area contributed by atoms with E-state index < -0.39 is 0 Å². The van der Waals surface area contributed by atoms with E-state index in [1.54, 1.807) is 6.20 Å². The second-order valence-corrected chi connectivity index (χ2v) is 5.69. The molecule has 0 saturated heterocycles. The number of amides is 2. The van der Waals surface area contributed by atoms with Gasteiger partial charge in [-0.05, 0) is 6.07 Å². The van der Waals surface area contributed by atoms with Crippen LogP contribution < -0.4 is 16.0 Å². The third-order valence-corrected chi connectivity index (χ3v) is 3.94. The number of hydrogen-bond donors (Lipinski definition) is 4. The Kier molecular flexibility index (Phi) is 4.90. The molecule has 2 amide bonds. The first kappa shape index (κ1) is 16.2. The van der Waals surface area contributed by atoms with Gasteiger partial charge in [-0.15, -0.1) is 0 Å². The van der Waals surface area contributed by atoms with Gasteiger partial charge in [-0.3, -0.25) is 9.59 Å². The highest BCUT2D eigenvalue weighted by atomic mass is 16.2. The van der Waals surface area contributed by atoms with Crippen molar-refractivity contribution < 1.29 is 9.59 Å². The van der Waals surface area contributed by atoms with Crippen molar-refractivity contribution in [1.29, 1.82) is 0 Å². The molecule has 0 spiro atoms. The molecule has 24 heavy (non-hydrogen) atoms. The smallest absolute Gasteiger partial charge is 0.225 e. The molecule has 1 aromatic carbocycles. The van der Waals surface area contributed by atoms with E-state index in [4.69, 9.17) is 0 Å². The lowest BCUT2D eigenvalue weighted by molar-refractivity contribution is -0.121. The minimum absolute atomic E-state index is 0.0370. The number of H-pyrrole nitrogens is 1. The number of nitrogens with one attached hydrogen (secondary N) is 4. The number of imidazole rings is 1. The fourth-order valence-corrected chi connectivity index (χ4v) is 2.64. The Morgan fingerprint density at radius 3 is 3.04 bits per heavy atom. The van der Waals surface area contributed by atoms with Crippen LogP contribution in [0.2, 0.25) is 0 Å². The maximum atomic E-state index is 12.1. The van der Waals surface area contributed by atoms with Crippen LogP contribution in [0, 0.1) is 0 Å². The monoisotopic (exact) mass is 327 g/mol. The second-order valence-electron chi connectivity index (χ2n) is 5.69. The summed E-state index contributed by atoms with van der Waals surface area (Å²) in [5.41, 5.74) is 2.31. The topological polar surface area (TPSA) is 98.9 Å². The van der Waals surface area contributed by atoms with E-state index in [9.17, 15) is 9.59 Å². The lowest BCUT2D eigenvalue weighted by atomic mass is 10.1. The van der Waals surface area contributed by atoms with Crippen molar-refractivity contribution >= 4 is 17.5 Å². The first-order valence-corrected chi connectivity index (χ1v) is 8.12. The van der Waals surface area contributed by atoms with Crippen molar-refractivity contribution in [2.24, 2.45) is 0 Å². The molecule has 2 bridgehead atoms. The molecule has 7 heteroatoms. The number of aromatic nitrogens is 2. The lowest BCUT2D eigenvalue weighted by Crippen LogP contribution is -2.37. The molecule has 126 valence electrons. The Balaban J connectivity index is 1.97. The van der Waals surface area contributed by atoms with E-state index in [1.807, 2.05) is 31.2 Å². The molecule has 0 radical (unpaired) electrons. The average molecular weight is 327 g/mol. The SMILES string of the molecule is CCC(=O)N[C@H]1CNCCC(=O)Nc2ccccc2-c2c[nH]c1n2. The summed E-state index contributed by atoms with van der Waals surface area (Å²) in [7, 11) is 0. The first-order valence-electron chi connectivity index (χ1n) is 8.12. The standard InChI is InChI=1S/C17H21N5O2/c1-2-15(23)21-14-9-18-8-7-16(24)20-12-6-4-3-5-11(12)13-10-19-17(14)22-13/h3-6,10,14,18H,2,7-9H2,1H3,(H,19,22)(H,20,24)(H,21,23)/t14-/m0/s1. The Hall–Kier alpha value is -2.67. The molecule has 2 aromatic rings. The molecule has 0 aliphatic carbocycles. The minimum Gasteiger partial charge on any atom is -0.346 e. The third-order valence-electron chi connectivity index (χ3n) is 3.94. The summed E-state index contributed by atoms with van der Waals surface area (Å²) in [5, 5.41) is 9.08. The van der Waals surface area contributed by atoms with E-state index >= 15 is 0 Å². The minimum atomic E-state index is -0.263. The van der Waals surface area contributed by atoms with Crippen molar-refractivity contribution in [2.75, 3.05) is 18.4 Å². The van der Waals surface area contributed by atoms with Gasteiger partial charge in [0.05, 0.1) is 17.4 Å². The maximum absolute atomic E-state index is 12.1. The molecule has 3 rings (SSSR count). The zero-order valence-corrected chi connectivity index (χ0v) is 13.6. The van der Waals surface area contributed by atoms with E-state index in [0.717, 1.165) is 16.9 Å². The summed E-state index contributed by atoms with van der Waals surface area (Å²) >= 11 is 0. The number of carbonyl (C=O) groups excluding carboxylic acids is 2. The zero-order valence-electron chi connectivity index (χ0n) is 13.6. The summed E-state index contributed by atoms with van der Waals surface area (Å²) in [6, 6.07) is 7.29. The Bertz CT molecular complexity index is 740. The summed E-state index contributed by atoms with van der Waals surface area (Å²) < 4.78 is 0. The summed E-state index contributed by atoms with van der Waals surface area (Å²) in [6.07, 6.45) is 2.57. The van der Waals surface area contributed by atoms with Crippen LogP contribution in [0.5, 0.6) is 0 Å². The fraction of sp³-hybridized carbons (Fsp3) is 0.353. The number of nitrogens with zero attached hydrogens (tertiary/aromatic N) is 1. The quantitative estimate of drug-likeness (QED) is 0.673. The predicted octanol–water partition coefficient (Wildman–Crippen LogP) is 1.58. The summed E-state index contributed by atoms with van der Waals surface area (Å²) in [4.78, 5) is 31.6. The van der Waals surface area contributed by atoms with Crippen LogP contribution in [-0.4, -0.2) is 34.9 Å². The molecule has 4 N–H and O–H groups in total. The predicted molar refractivity (Wildman–Crippen MR) is 91.3 cm³/mol. The van der Waals surface area contributed by atoms with Gasteiger partial charge in [0.2, 0.25) is 11.8 Å². The molecule has 1 aliphatic heterocycles. The van der Waals surface area contributed by atoms with Crippen molar-refractivity contribution in [1.82, 2.24) is 20.6 Å². The van der Waals surface area contributed by atoms with Gasteiger partial charge < -0.3 is 20.9 Å². The largest absolute Gasteiger partial charge is 0.346 e. The number of benzene rings is 1. The highest BCUT2D eigenvalue weighted by Gasteiger charge is 2.19. The molecule has 2 heterocycles. The maximum Gasteiger partial charge on any atom is 0.225 e. The average Bonchev–Trinajstić information content (AvgIpc) is 3.07. The molecule has 0 unspecified atom stereocenters. The molecular formula is C17H21N5O2. The number of hydrogen-bond acceptors (Lipinski definition) is 4.